The molecule has 0 aliphatic carbocycles. The highest BCUT2D eigenvalue weighted by atomic mass is 16.3. The highest BCUT2D eigenvalue weighted by Gasteiger charge is 2.05. The predicted molar refractivity (Wildman–Crippen MR) is 107 cm³/mol. The number of phenols is 1. The second kappa shape index (κ2) is 7.58. The number of hydrogen-bond donors (Lipinski definition) is 1. The number of nitrogens with zero attached hydrogens (tertiary/aromatic N) is 4. The minimum Gasteiger partial charge on any atom is -0.508 e. The van der Waals surface area contributed by atoms with Crippen LogP contribution in [-0.4, -0.2) is 5.11 Å². The molecule has 5 nitrogen and oxygen atoms in total. The van der Waals surface area contributed by atoms with E-state index < -0.39 is 0 Å². The van der Waals surface area contributed by atoms with Gasteiger partial charge in [0.15, 0.2) is 0 Å². The maximum Gasteiger partial charge on any atom is 0.115 e. The van der Waals surface area contributed by atoms with Gasteiger partial charge in [0.05, 0.1) is 22.7 Å². The van der Waals surface area contributed by atoms with Crippen LogP contribution in [0.2, 0.25) is 0 Å². The van der Waals surface area contributed by atoms with Gasteiger partial charge >= 0.3 is 0 Å². The first-order chi connectivity index (χ1) is 13.3. The van der Waals surface area contributed by atoms with Crippen LogP contribution in [-0.2, 0) is 0 Å². The standard InChI is InChI=1S/C22H16N4O/c27-18-12-10-17(11-13-18)24-26-22-15-14-21(19-8-4-5-9-20(19)22)25-23-16-6-2-1-3-7-16/h1-15,27H/b25-23+,26-24+. The second-order valence-corrected chi connectivity index (χ2v) is 5.90. The third kappa shape index (κ3) is 3.88. The molecule has 0 saturated heterocycles. The van der Waals surface area contributed by atoms with E-state index in [9.17, 15) is 5.11 Å². The largest absolute Gasteiger partial charge is 0.508 e. The molecule has 4 aromatic rings. The fourth-order valence-electron chi connectivity index (χ4n) is 2.68. The topological polar surface area (TPSA) is 69.7 Å². The number of azo groups is 2. The number of rotatable bonds is 4. The average Bonchev–Trinajstić information content (AvgIpc) is 2.73. The van der Waals surface area contributed by atoms with Gasteiger partial charge < -0.3 is 5.11 Å². The molecular formula is C22H16N4O. The summed E-state index contributed by atoms with van der Waals surface area (Å²) in [6.45, 7) is 0. The van der Waals surface area contributed by atoms with E-state index >= 15 is 0 Å². The first-order valence-electron chi connectivity index (χ1n) is 8.49. The molecule has 0 bridgehead atoms. The molecule has 0 aliphatic heterocycles. The van der Waals surface area contributed by atoms with Gasteiger partial charge in [-0.15, -0.1) is 10.2 Å². The highest BCUT2D eigenvalue weighted by Crippen LogP contribution is 2.35. The van der Waals surface area contributed by atoms with Gasteiger partial charge in [-0.3, -0.25) is 0 Å². The summed E-state index contributed by atoms with van der Waals surface area (Å²) >= 11 is 0. The zero-order valence-corrected chi connectivity index (χ0v) is 14.4. The van der Waals surface area contributed by atoms with Crippen LogP contribution in [0.15, 0.2) is 111 Å². The van der Waals surface area contributed by atoms with Crippen molar-refractivity contribution >= 4 is 33.5 Å². The zero-order valence-electron chi connectivity index (χ0n) is 14.4. The molecular weight excluding hydrogens is 336 g/mol. The molecule has 0 fully saturated rings. The Hall–Kier alpha value is -3.86. The quantitative estimate of drug-likeness (QED) is 0.382. The Morgan fingerprint density at radius 3 is 1.48 bits per heavy atom. The van der Waals surface area contributed by atoms with Crippen LogP contribution < -0.4 is 0 Å². The molecule has 0 aromatic heterocycles. The molecule has 0 aliphatic rings. The smallest absolute Gasteiger partial charge is 0.115 e. The van der Waals surface area contributed by atoms with Crippen LogP contribution >= 0.6 is 0 Å². The van der Waals surface area contributed by atoms with E-state index in [4.69, 9.17) is 0 Å². The number of aromatic hydroxyl groups is 1. The molecule has 27 heavy (non-hydrogen) atoms. The van der Waals surface area contributed by atoms with Gasteiger partial charge in [-0.1, -0.05) is 42.5 Å². The first kappa shape index (κ1) is 16.6. The van der Waals surface area contributed by atoms with E-state index in [1.54, 1.807) is 24.3 Å². The SMILES string of the molecule is Oc1ccc(/N=N/c2ccc(/N=N/c3ccccc3)c3ccccc23)cc1. The van der Waals surface area contributed by atoms with E-state index in [1.807, 2.05) is 66.7 Å². The Morgan fingerprint density at radius 2 is 0.926 bits per heavy atom. The van der Waals surface area contributed by atoms with Crippen LogP contribution in [0.3, 0.4) is 0 Å². The maximum atomic E-state index is 9.36. The van der Waals surface area contributed by atoms with Crippen LogP contribution in [0.5, 0.6) is 5.75 Å². The van der Waals surface area contributed by atoms with E-state index in [2.05, 4.69) is 20.5 Å². The normalized spacial score (nSPS) is 11.6. The van der Waals surface area contributed by atoms with Crippen molar-refractivity contribution in [2.24, 2.45) is 20.5 Å². The number of phenolic OH excluding ortho intramolecular Hbond substituents is 1. The van der Waals surface area contributed by atoms with Crippen molar-refractivity contribution in [2.45, 2.75) is 0 Å². The molecule has 0 amide bonds. The molecule has 0 radical (unpaired) electrons. The summed E-state index contributed by atoms with van der Waals surface area (Å²) in [6.07, 6.45) is 0. The van der Waals surface area contributed by atoms with Gasteiger partial charge in [0.2, 0.25) is 0 Å². The highest BCUT2D eigenvalue weighted by molar-refractivity contribution is 5.99. The molecule has 0 unspecified atom stereocenters. The van der Waals surface area contributed by atoms with Crippen LogP contribution in [0, 0.1) is 0 Å². The molecule has 0 saturated carbocycles. The van der Waals surface area contributed by atoms with E-state index in [0.717, 1.165) is 27.8 Å². The summed E-state index contributed by atoms with van der Waals surface area (Å²) in [5.74, 6) is 0.201. The molecule has 130 valence electrons. The molecule has 5 heteroatoms. The lowest BCUT2D eigenvalue weighted by Gasteiger charge is -2.04. The molecule has 1 N–H and O–H groups in total. The van der Waals surface area contributed by atoms with E-state index in [-0.39, 0.29) is 5.75 Å². The molecule has 4 aromatic carbocycles. The Labute approximate surface area is 156 Å². The Morgan fingerprint density at radius 1 is 0.444 bits per heavy atom. The van der Waals surface area contributed by atoms with Crippen molar-refractivity contribution in [3.8, 4) is 5.75 Å². The summed E-state index contributed by atoms with van der Waals surface area (Å²) in [5.41, 5.74) is 3.00. The molecule has 0 spiro atoms. The average molecular weight is 352 g/mol. The van der Waals surface area contributed by atoms with Gasteiger partial charge in [-0.25, -0.2) is 0 Å². The minimum atomic E-state index is 0.201. The Kier molecular flexibility index (Phi) is 4.66. The summed E-state index contributed by atoms with van der Waals surface area (Å²) < 4.78 is 0. The van der Waals surface area contributed by atoms with Crippen molar-refractivity contribution in [2.75, 3.05) is 0 Å². The lowest BCUT2D eigenvalue weighted by molar-refractivity contribution is 0.475. The summed E-state index contributed by atoms with van der Waals surface area (Å²) in [6, 6.07) is 27.9. The third-order valence-electron chi connectivity index (χ3n) is 4.03. The number of fused-ring (bicyclic) bond motifs is 1. The fourth-order valence-corrected chi connectivity index (χ4v) is 2.68. The molecule has 0 heterocycles. The van der Waals surface area contributed by atoms with Gasteiger partial charge in [0.1, 0.15) is 5.75 Å². The number of benzene rings is 4. The number of hydrogen-bond acceptors (Lipinski definition) is 5. The van der Waals surface area contributed by atoms with Gasteiger partial charge in [-0.2, -0.15) is 10.2 Å². The monoisotopic (exact) mass is 352 g/mol. The fraction of sp³-hybridized carbons (Fsp3) is 0. The van der Waals surface area contributed by atoms with Crippen molar-refractivity contribution in [1.29, 1.82) is 0 Å². The van der Waals surface area contributed by atoms with Crippen molar-refractivity contribution in [1.82, 2.24) is 0 Å². The lowest BCUT2D eigenvalue weighted by Crippen LogP contribution is -1.75. The van der Waals surface area contributed by atoms with Crippen molar-refractivity contribution < 1.29 is 5.11 Å². The van der Waals surface area contributed by atoms with E-state index in [1.165, 1.54) is 0 Å². The Bertz CT molecular complexity index is 1120. The van der Waals surface area contributed by atoms with Crippen molar-refractivity contribution in [3.63, 3.8) is 0 Å². The van der Waals surface area contributed by atoms with E-state index in [0.29, 0.717) is 5.69 Å². The lowest BCUT2D eigenvalue weighted by atomic mass is 10.1. The summed E-state index contributed by atoms with van der Waals surface area (Å²) in [4.78, 5) is 0. The van der Waals surface area contributed by atoms with Crippen molar-refractivity contribution in [3.05, 3.63) is 91.0 Å². The zero-order chi connectivity index (χ0) is 18.5. The Balaban J connectivity index is 1.70. The summed E-state index contributed by atoms with van der Waals surface area (Å²) in [5, 5.41) is 28.6. The first-order valence-corrected chi connectivity index (χ1v) is 8.49. The van der Waals surface area contributed by atoms with Gasteiger partial charge in [-0.05, 0) is 48.5 Å². The molecule has 0 atom stereocenters. The van der Waals surface area contributed by atoms with Crippen LogP contribution in [0.4, 0.5) is 22.7 Å². The minimum absolute atomic E-state index is 0.201. The maximum absolute atomic E-state index is 9.36. The predicted octanol–water partition coefficient (Wildman–Crippen LogP) is 7.38. The van der Waals surface area contributed by atoms with Crippen LogP contribution in [0.25, 0.3) is 10.8 Å². The molecule has 4 rings (SSSR count). The van der Waals surface area contributed by atoms with Gasteiger partial charge in [0.25, 0.3) is 0 Å². The van der Waals surface area contributed by atoms with Gasteiger partial charge in [0, 0.05) is 10.8 Å². The summed E-state index contributed by atoms with van der Waals surface area (Å²) in [7, 11) is 0. The second-order valence-electron chi connectivity index (χ2n) is 5.90. The van der Waals surface area contributed by atoms with Crippen LogP contribution in [0.1, 0.15) is 0 Å². The third-order valence-corrected chi connectivity index (χ3v) is 4.03.